The van der Waals surface area contributed by atoms with Gasteiger partial charge in [0.15, 0.2) is 0 Å². The van der Waals surface area contributed by atoms with Crippen LogP contribution in [-0.2, 0) is 6.54 Å². The number of fused-ring (bicyclic) bond motifs is 1. The highest BCUT2D eigenvalue weighted by Gasteiger charge is 2.30. The van der Waals surface area contributed by atoms with Gasteiger partial charge >= 0.3 is 0 Å². The van der Waals surface area contributed by atoms with E-state index in [9.17, 15) is 4.79 Å². The standard InChI is InChI=1S/C26H29N5O/c1-4-31-16-22(18(3)29-31)26(32)30-13-5-6-20(15-30)25-24(19-9-11-27-12-10-19)21-14-17(2)7-8-23(21)28-25/h7-12,14,16,20,28H,4-6,13,15H2,1-3H3. The lowest BCUT2D eigenvalue weighted by atomic mass is 9.89. The Balaban J connectivity index is 1.52. The van der Waals surface area contributed by atoms with Crippen molar-refractivity contribution in [3.05, 3.63) is 71.4 Å². The lowest BCUT2D eigenvalue weighted by Gasteiger charge is -2.33. The van der Waals surface area contributed by atoms with Gasteiger partial charge in [-0.25, -0.2) is 0 Å². The van der Waals surface area contributed by atoms with Crippen LogP contribution in [-0.4, -0.2) is 43.6 Å². The van der Waals surface area contributed by atoms with Crippen LogP contribution in [0.25, 0.3) is 22.0 Å². The summed E-state index contributed by atoms with van der Waals surface area (Å²) < 4.78 is 1.84. The number of likely N-dealkylation sites (tertiary alicyclic amines) is 1. The first-order chi connectivity index (χ1) is 15.5. The average molecular weight is 428 g/mol. The van der Waals surface area contributed by atoms with Crippen molar-refractivity contribution < 1.29 is 4.79 Å². The molecule has 1 N–H and O–H groups in total. The molecule has 1 aliphatic rings. The molecule has 0 saturated carbocycles. The van der Waals surface area contributed by atoms with E-state index in [2.05, 4.69) is 52.3 Å². The number of benzene rings is 1. The fourth-order valence-corrected chi connectivity index (χ4v) is 4.92. The van der Waals surface area contributed by atoms with Crippen molar-refractivity contribution in [3.63, 3.8) is 0 Å². The maximum absolute atomic E-state index is 13.4. The number of piperidine rings is 1. The fraction of sp³-hybridized carbons (Fsp3) is 0.346. The Morgan fingerprint density at radius 2 is 2.00 bits per heavy atom. The van der Waals surface area contributed by atoms with Crippen LogP contribution in [0.4, 0.5) is 0 Å². The minimum atomic E-state index is 0.0873. The Hall–Kier alpha value is -3.41. The predicted molar refractivity (Wildman–Crippen MR) is 127 cm³/mol. The van der Waals surface area contributed by atoms with Crippen LogP contribution in [0.15, 0.2) is 48.9 Å². The number of pyridine rings is 1. The zero-order valence-corrected chi connectivity index (χ0v) is 18.9. The Kier molecular flexibility index (Phi) is 5.29. The molecule has 3 aromatic heterocycles. The van der Waals surface area contributed by atoms with E-state index in [0.717, 1.165) is 42.7 Å². The number of carbonyl (C=O) groups excluding carboxylic acids is 1. The molecule has 4 aromatic rings. The van der Waals surface area contributed by atoms with Crippen LogP contribution in [0.3, 0.4) is 0 Å². The number of hydrogen-bond acceptors (Lipinski definition) is 3. The highest BCUT2D eigenvalue weighted by Crippen LogP contribution is 2.39. The fourth-order valence-electron chi connectivity index (χ4n) is 4.92. The topological polar surface area (TPSA) is 66.8 Å². The summed E-state index contributed by atoms with van der Waals surface area (Å²) in [5.41, 5.74) is 7.51. The summed E-state index contributed by atoms with van der Waals surface area (Å²) in [6.07, 6.45) is 7.62. The van der Waals surface area contributed by atoms with Gasteiger partial charge in [-0.3, -0.25) is 14.5 Å². The van der Waals surface area contributed by atoms with Crippen molar-refractivity contribution in [1.29, 1.82) is 0 Å². The monoisotopic (exact) mass is 427 g/mol. The van der Waals surface area contributed by atoms with E-state index in [1.54, 1.807) is 0 Å². The molecule has 4 heterocycles. The second kappa shape index (κ2) is 8.26. The number of amides is 1. The summed E-state index contributed by atoms with van der Waals surface area (Å²) in [6, 6.07) is 10.7. The lowest BCUT2D eigenvalue weighted by Crippen LogP contribution is -2.39. The molecule has 1 atom stereocenters. The molecule has 1 unspecified atom stereocenters. The van der Waals surface area contributed by atoms with E-state index in [-0.39, 0.29) is 11.8 Å². The first-order valence-corrected chi connectivity index (χ1v) is 11.4. The van der Waals surface area contributed by atoms with Crippen LogP contribution in [0, 0.1) is 13.8 Å². The highest BCUT2D eigenvalue weighted by molar-refractivity contribution is 5.98. The molecule has 1 amide bonds. The zero-order valence-electron chi connectivity index (χ0n) is 18.9. The van der Waals surface area contributed by atoms with Crippen molar-refractivity contribution in [2.45, 2.75) is 46.1 Å². The molecule has 6 heteroatoms. The smallest absolute Gasteiger partial charge is 0.257 e. The van der Waals surface area contributed by atoms with Crippen LogP contribution in [0.5, 0.6) is 0 Å². The van der Waals surface area contributed by atoms with Gasteiger partial charge in [-0.15, -0.1) is 0 Å². The van der Waals surface area contributed by atoms with Crippen molar-refractivity contribution in [3.8, 4) is 11.1 Å². The summed E-state index contributed by atoms with van der Waals surface area (Å²) >= 11 is 0. The molecule has 1 aromatic carbocycles. The molecule has 1 saturated heterocycles. The molecule has 164 valence electrons. The molecule has 1 aliphatic heterocycles. The van der Waals surface area contributed by atoms with Crippen LogP contribution in [0.2, 0.25) is 0 Å². The summed E-state index contributed by atoms with van der Waals surface area (Å²) in [4.78, 5) is 23.3. The van der Waals surface area contributed by atoms with Gasteiger partial charge in [-0.05, 0) is 63.4 Å². The van der Waals surface area contributed by atoms with E-state index in [0.29, 0.717) is 12.1 Å². The van der Waals surface area contributed by atoms with Crippen molar-refractivity contribution in [2.24, 2.45) is 0 Å². The summed E-state index contributed by atoms with van der Waals surface area (Å²) in [6.45, 7) is 8.34. The third-order valence-corrected chi connectivity index (χ3v) is 6.57. The normalized spacial score (nSPS) is 16.6. The van der Waals surface area contributed by atoms with Gasteiger partial charge < -0.3 is 9.88 Å². The minimum Gasteiger partial charge on any atom is -0.358 e. The molecule has 1 fully saturated rings. The van der Waals surface area contributed by atoms with E-state index in [4.69, 9.17) is 0 Å². The number of H-pyrrole nitrogens is 1. The number of aromatic nitrogens is 4. The van der Waals surface area contributed by atoms with Crippen LogP contribution < -0.4 is 0 Å². The molecule has 0 radical (unpaired) electrons. The van der Waals surface area contributed by atoms with Gasteiger partial charge in [-0.1, -0.05) is 11.6 Å². The molecule has 6 nitrogen and oxygen atoms in total. The zero-order chi connectivity index (χ0) is 22.2. The predicted octanol–water partition coefficient (Wildman–Crippen LogP) is 5.08. The number of aromatic amines is 1. The molecular formula is C26H29N5O. The van der Waals surface area contributed by atoms with Gasteiger partial charge in [0.05, 0.1) is 11.3 Å². The Bertz CT molecular complexity index is 1270. The van der Waals surface area contributed by atoms with E-state index >= 15 is 0 Å². The first kappa shape index (κ1) is 20.5. The number of nitrogens with zero attached hydrogens (tertiary/aromatic N) is 4. The van der Waals surface area contributed by atoms with E-state index < -0.39 is 0 Å². The van der Waals surface area contributed by atoms with Crippen molar-refractivity contribution in [1.82, 2.24) is 24.6 Å². The number of carbonyl (C=O) groups is 1. The maximum atomic E-state index is 13.4. The molecule has 0 aliphatic carbocycles. The van der Waals surface area contributed by atoms with Gasteiger partial charge in [0.25, 0.3) is 5.91 Å². The minimum absolute atomic E-state index is 0.0873. The van der Waals surface area contributed by atoms with Crippen molar-refractivity contribution in [2.75, 3.05) is 13.1 Å². The molecule has 32 heavy (non-hydrogen) atoms. The van der Waals surface area contributed by atoms with Crippen molar-refractivity contribution >= 4 is 16.8 Å². The van der Waals surface area contributed by atoms with E-state index in [1.165, 1.54) is 22.2 Å². The molecule has 0 spiro atoms. The average Bonchev–Trinajstić information content (AvgIpc) is 3.39. The Morgan fingerprint density at radius 1 is 1.19 bits per heavy atom. The quantitative estimate of drug-likeness (QED) is 0.494. The first-order valence-electron chi connectivity index (χ1n) is 11.4. The maximum Gasteiger partial charge on any atom is 0.257 e. The summed E-state index contributed by atoms with van der Waals surface area (Å²) in [5.74, 6) is 0.342. The van der Waals surface area contributed by atoms with Gasteiger partial charge in [0.1, 0.15) is 0 Å². The number of hydrogen-bond donors (Lipinski definition) is 1. The number of nitrogens with one attached hydrogen (secondary N) is 1. The highest BCUT2D eigenvalue weighted by atomic mass is 16.2. The second-order valence-electron chi connectivity index (χ2n) is 8.77. The Morgan fingerprint density at radius 3 is 2.75 bits per heavy atom. The summed E-state index contributed by atoms with van der Waals surface area (Å²) in [7, 11) is 0. The lowest BCUT2D eigenvalue weighted by molar-refractivity contribution is 0.0705. The van der Waals surface area contributed by atoms with Crippen LogP contribution >= 0.6 is 0 Å². The molecule has 5 rings (SSSR count). The Labute approximate surface area is 188 Å². The largest absolute Gasteiger partial charge is 0.358 e. The van der Waals surface area contributed by atoms with Gasteiger partial charge in [0.2, 0.25) is 0 Å². The third-order valence-electron chi connectivity index (χ3n) is 6.57. The SMILES string of the molecule is CCn1cc(C(=O)N2CCCC(c3[nH]c4ccc(C)cc4c3-c3ccncc3)C2)c(C)n1. The van der Waals surface area contributed by atoms with Gasteiger partial charge in [0, 0.05) is 66.3 Å². The second-order valence-corrected chi connectivity index (χ2v) is 8.77. The van der Waals surface area contributed by atoms with Crippen LogP contribution in [0.1, 0.15) is 53.0 Å². The number of aryl methyl sites for hydroxylation is 3. The number of rotatable bonds is 4. The molecule has 0 bridgehead atoms. The van der Waals surface area contributed by atoms with Gasteiger partial charge in [-0.2, -0.15) is 5.10 Å². The summed E-state index contributed by atoms with van der Waals surface area (Å²) in [5, 5.41) is 5.70. The third kappa shape index (κ3) is 3.60. The molecular weight excluding hydrogens is 398 g/mol. The van der Waals surface area contributed by atoms with E-state index in [1.807, 2.05) is 42.0 Å².